The highest BCUT2D eigenvalue weighted by Gasteiger charge is 2.16. The molecule has 0 aromatic rings. The molecule has 0 aromatic carbocycles. The molecule has 3 heteroatoms. The van der Waals surface area contributed by atoms with E-state index in [4.69, 9.17) is 10.5 Å². The summed E-state index contributed by atoms with van der Waals surface area (Å²) in [5.74, 6) is 0.0786. The van der Waals surface area contributed by atoms with Gasteiger partial charge in [0, 0.05) is 12.3 Å². The Morgan fingerprint density at radius 1 is 1.33 bits per heavy atom. The van der Waals surface area contributed by atoms with Gasteiger partial charge in [0.15, 0.2) is 6.23 Å². The van der Waals surface area contributed by atoms with Crippen LogP contribution in [-0.2, 0) is 9.53 Å². The van der Waals surface area contributed by atoms with Gasteiger partial charge in [0.2, 0.25) is 0 Å². The van der Waals surface area contributed by atoms with E-state index >= 15 is 0 Å². The molecule has 0 amide bonds. The van der Waals surface area contributed by atoms with Crippen molar-refractivity contribution in [2.45, 2.75) is 46.3 Å². The van der Waals surface area contributed by atoms with Gasteiger partial charge in [0.25, 0.3) is 0 Å². The Morgan fingerprint density at radius 3 is 2.17 bits per heavy atom. The molecule has 0 saturated carbocycles. The number of carbonyl (C=O) groups is 1. The fraction of sp³-hybridized carbons (Fsp3) is 0.889. The van der Waals surface area contributed by atoms with E-state index in [-0.39, 0.29) is 5.97 Å². The summed E-state index contributed by atoms with van der Waals surface area (Å²) in [6.07, 6.45) is 1.88. The summed E-state index contributed by atoms with van der Waals surface area (Å²) in [5, 5.41) is 0. The lowest BCUT2D eigenvalue weighted by Gasteiger charge is -2.20. The fourth-order valence-electron chi connectivity index (χ4n) is 1.08. The predicted octanol–water partition coefficient (Wildman–Crippen LogP) is 1.66. The van der Waals surface area contributed by atoms with Gasteiger partial charge in [-0.1, -0.05) is 20.8 Å². The molecule has 0 radical (unpaired) electrons. The minimum Gasteiger partial charge on any atom is -0.446 e. The standard InChI is InChI=1S/C9H19NO2/c1-4-7(5-2)9(10)12-8(11)6-3/h7,9H,4-6,10H2,1-3H3. The molecule has 0 aliphatic rings. The van der Waals surface area contributed by atoms with Crippen molar-refractivity contribution in [2.75, 3.05) is 0 Å². The van der Waals surface area contributed by atoms with Crippen LogP contribution in [0, 0.1) is 5.92 Å². The van der Waals surface area contributed by atoms with Crippen LogP contribution in [0.4, 0.5) is 0 Å². The van der Waals surface area contributed by atoms with E-state index in [1.54, 1.807) is 6.92 Å². The Bertz CT molecular complexity index is 132. The van der Waals surface area contributed by atoms with Gasteiger partial charge in [-0.05, 0) is 12.8 Å². The summed E-state index contributed by atoms with van der Waals surface area (Å²) in [4.78, 5) is 10.9. The number of nitrogens with two attached hydrogens (primary N) is 1. The molecule has 0 saturated heterocycles. The highest BCUT2D eigenvalue weighted by molar-refractivity contribution is 5.69. The van der Waals surface area contributed by atoms with Gasteiger partial charge >= 0.3 is 5.97 Å². The Hall–Kier alpha value is -0.570. The lowest BCUT2D eigenvalue weighted by molar-refractivity contribution is -0.151. The van der Waals surface area contributed by atoms with Crippen molar-refractivity contribution in [2.24, 2.45) is 11.7 Å². The molecule has 0 aliphatic heterocycles. The molecule has 0 bridgehead atoms. The summed E-state index contributed by atoms with van der Waals surface area (Å²) in [6, 6.07) is 0. The minimum absolute atomic E-state index is 0.214. The zero-order chi connectivity index (χ0) is 9.56. The molecule has 2 N–H and O–H groups in total. The third kappa shape index (κ3) is 3.72. The molecule has 3 nitrogen and oxygen atoms in total. The van der Waals surface area contributed by atoms with Crippen molar-refractivity contribution >= 4 is 5.97 Å². The van der Waals surface area contributed by atoms with Gasteiger partial charge in [-0.3, -0.25) is 10.5 Å². The SMILES string of the molecule is CCC(=O)OC(N)C(CC)CC. The van der Waals surface area contributed by atoms with Gasteiger partial charge in [0.1, 0.15) is 0 Å². The van der Waals surface area contributed by atoms with E-state index in [9.17, 15) is 4.79 Å². The van der Waals surface area contributed by atoms with Crippen LogP contribution in [0.5, 0.6) is 0 Å². The normalized spacial score (nSPS) is 13.1. The maximum absolute atomic E-state index is 10.9. The van der Waals surface area contributed by atoms with E-state index in [0.717, 1.165) is 12.8 Å². The zero-order valence-electron chi connectivity index (χ0n) is 8.17. The number of rotatable bonds is 5. The second kappa shape index (κ2) is 6.00. The molecule has 1 unspecified atom stereocenters. The fourth-order valence-corrected chi connectivity index (χ4v) is 1.08. The van der Waals surface area contributed by atoms with Gasteiger partial charge in [-0.15, -0.1) is 0 Å². The summed E-state index contributed by atoms with van der Waals surface area (Å²) in [6.45, 7) is 5.86. The number of carbonyl (C=O) groups excluding carboxylic acids is 1. The molecule has 1 atom stereocenters. The van der Waals surface area contributed by atoms with E-state index in [2.05, 4.69) is 0 Å². The summed E-state index contributed by atoms with van der Waals surface area (Å²) < 4.78 is 4.98. The largest absolute Gasteiger partial charge is 0.446 e. The minimum atomic E-state index is -0.424. The summed E-state index contributed by atoms with van der Waals surface area (Å²) in [7, 11) is 0. The number of esters is 1. The second-order valence-electron chi connectivity index (χ2n) is 2.88. The van der Waals surface area contributed by atoms with Crippen molar-refractivity contribution in [3.8, 4) is 0 Å². The van der Waals surface area contributed by atoms with Gasteiger partial charge in [-0.25, -0.2) is 0 Å². The maximum atomic E-state index is 10.9. The van der Waals surface area contributed by atoms with Gasteiger partial charge in [-0.2, -0.15) is 0 Å². The van der Waals surface area contributed by atoms with Gasteiger partial charge in [0.05, 0.1) is 0 Å². The van der Waals surface area contributed by atoms with Crippen LogP contribution in [0.3, 0.4) is 0 Å². The van der Waals surface area contributed by atoms with Crippen LogP contribution < -0.4 is 5.73 Å². The first-order chi connectivity index (χ1) is 5.65. The number of hydrogen-bond donors (Lipinski definition) is 1. The Balaban J connectivity index is 3.83. The Kier molecular flexibility index (Phi) is 5.72. The van der Waals surface area contributed by atoms with Crippen molar-refractivity contribution < 1.29 is 9.53 Å². The second-order valence-corrected chi connectivity index (χ2v) is 2.88. The molecule has 0 heterocycles. The molecular weight excluding hydrogens is 154 g/mol. The lowest BCUT2D eigenvalue weighted by atomic mass is 10.0. The van der Waals surface area contributed by atoms with Crippen molar-refractivity contribution in [1.82, 2.24) is 0 Å². The highest BCUT2D eigenvalue weighted by atomic mass is 16.6. The van der Waals surface area contributed by atoms with Crippen LogP contribution in [0.1, 0.15) is 40.0 Å². The van der Waals surface area contributed by atoms with Gasteiger partial charge < -0.3 is 4.74 Å². The first kappa shape index (κ1) is 11.4. The van der Waals surface area contributed by atoms with Crippen molar-refractivity contribution in [3.63, 3.8) is 0 Å². The van der Waals surface area contributed by atoms with Crippen molar-refractivity contribution in [3.05, 3.63) is 0 Å². The van der Waals surface area contributed by atoms with Crippen molar-refractivity contribution in [1.29, 1.82) is 0 Å². The summed E-state index contributed by atoms with van der Waals surface area (Å²) >= 11 is 0. The molecule has 0 spiro atoms. The number of hydrogen-bond acceptors (Lipinski definition) is 3. The van der Waals surface area contributed by atoms with E-state index in [0.29, 0.717) is 12.3 Å². The topological polar surface area (TPSA) is 52.3 Å². The predicted molar refractivity (Wildman–Crippen MR) is 48.4 cm³/mol. The molecule has 12 heavy (non-hydrogen) atoms. The molecule has 0 aliphatic carbocycles. The summed E-state index contributed by atoms with van der Waals surface area (Å²) in [5.41, 5.74) is 5.67. The third-order valence-corrected chi connectivity index (χ3v) is 2.07. The molecule has 0 fully saturated rings. The van der Waals surface area contributed by atoms with Crippen LogP contribution in [-0.4, -0.2) is 12.2 Å². The zero-order valence-corrected chi connectivity index (χ0v) is 8.17. The lowest BCUT2D eigenvalue weighted by Crippen LogP contribution is -2.34. The van der Waals surface area contributed by atoms with E-state index < -0.39 is 6.23 Å². The first-order valence-corrected chi connectivity index (χ1v) is 4.60. The molecule has 72 valence electrons. The quantitative estimate of drug-likeness (QED) is 0.508. The van der Waals surface area contributed by atoms with E-state index in [1.165, 1.54) is 0 Å². The third-order valence-electron chi connectivity index (χ3n) is 2.07. The van der Waals surface area contributed by atoms with Crippen LogP contribution in [0.25, 0.3) is 0 Å². The first-order valence-electron chi connectivity index (χ1n) is 4.60. The van der Waals surface area contributed by atoms with Crippen LogP contribution in [0.15, 0.2) is 0 Å². The molecular formula is C9H19NO2. The average Bonchev–Trinajstić information content (AvgIpc) is 2.06. The monoisotopic (exact) mass is 173 g/mol. The number of ether oxygens (including phenoxy) is 1. The smallest absolute Gasteiger partial charge is 0.307 e. The maximum Gasteiger partial charge on any atom is 0.307 e. The highest BCUT2D eigenvalue weighted by Crippen LogP contribution is 2.12. The van der Waals surface area contributed by atoms with Crippen LogP contribution in [0.2, 0.25) is 0 Å². The Labute approximate surface area is 74.3 Å². The van der Waals surface area contributed by atoms with Crippen LogP contribution >= 0.6 is 0 Å². The van der Waals surface area contributed by atoms with E-state index in [1.807, 2.05) is 13.8 Å². The molecule has 0 rings (SSSR count). The Morgan fingerprint density at radius 2 is 1.83 bits per heavy atom. The molecule has 0 aromatic heterocycles. The average molecular weight is 173 g/mol.